The van der Waals surface area contributed by atoms with Crippen molar-refractivity contribution < 1.29 is 9.18 Å². The van der Waals surface area contributed by atoms with Gasteiger partial charge in [-0.2, -0.15) is 4.98 Å². The van der Waals surface area contributed by atoms with Crippen LogP contribution < -0.4 is 15.1 Å². The monoisotopic (exact) mass is 398 g/mol. The highest BCUT2D eigenvalue weighted by molar-refractivity contribution is 5.89. The summed E-state index contributed by atoms with van der Waals surface area (Å²) in [5.41, 5.74) is 1.16. The van der Waals surface area contributed by atoms with Crippen molar-refractivity contribution in [1.82, 2.24) is 14.9 Å². The summed E-state index contributed by atoms with van der Waals surface area (Å²) < 4.78 is 13.8. The second-order valence-corrected chi connectivity index (χ2v) is 7.60. The number of nitrogens with one attached hydrogen (secondary N) is 1. The van der Waals surface area contributed by atoms with Crippen molar-refractivity contribution in [3.05, 3.63) is 41.8 Å². The number of aromatic nitrogens is 2. The third-order valence-electron chi connectivity index (χ3n) is 5.47. The van der Waals surface area contributed by atoms with Gasteiger partial charge in [-0.3, -0.25) is 0 Å². The number of carbonyl (C=O) groups excluding carboxylic acids is 1. The van der Waals surface area contributed by atoms with E-state index in [1.807, 2.05) is 13.0 Å². The number of halogens is 1. The highest BCUT2D eigenvalue weighted by Crippen LogP contribution is 2.22. The molecule has 154 valence electrons. The topological polar surface area (TPSA) is 64.6 Å². The van der Waals surface area contributed by atoms with Crippen molar-refractivity contribution in [2.75, 3.05) is 54.4 Å². The van der Waals surface area contributed by atoms with Crippen molar-refractivity contribution in [2.45, 2.75) is 26.2 Å². The first kappa shape index (κ1) is 19.4. The predicted molar refractivity (Wildman–Crippen MR) is 112 cm³/mol. The maximum atomic E-state index is 13.8. The standard InChI is InChI=1S/C21H27FN6O/c1-16-15-19(25-20(23-16)27-9-5-2-6-10-27)26-11-13-28(14-12-26)21(29)24-18-8-4-3-7-17(18)22/h3-4,7-8,15H,2,5-6,9-14H2,1H3,(H,24,29). The molecule has 3 heterocycles. The van der Waals surface area contributed by atoms with Gasteiger partial charge in [0.25, 0.3) is 0 Å². The molecule has 0 bridgehead atoms. The quantitative estimate of drug-likeness (QED) is 0.860. The Labute approximate surface area is 170 Å². The molecular formula is C21H27FN6O. The molecule has 0 atom stereocenters. The molecule has 0 saturated carbocycles. The highest BCUT2D eigenvalue weighted by Gasteiger charge is 2.24. The number of piperazine rings is 1. The average molecular weight is 398 g/mol. The third-order valence-corrected chi connectivity index (χ3v) is 5.47. The summed E-state index contributed by atoms with van der Waals surface area (Å²) in [6, 6.07) is 7.94. The SMILES string of the molecule is Cc1cc(N2CCN(C(=O)Nc3ccccc3F)CC2)nc(N2CCCCC2)n1. The van der Waals surface area contributed by atoms with E-state index in [4.69, 9.17) is 4.98 Å². The molecule has 7 nitrogen and oxygen atoms in total. The van der Waals surface area contributed by atoms with Crippen LogP contribution in [0.5, 0.6) is 0 Å². The number of anilines is 3. The van der Waals surface area contributed by atoms with Gasteiger partial charge >= 0.3 is 6.03 Å². The lowest BCUT2D eigenvalue weighted by molar-refractivity contribution is 0.208. The normalized spacial score (nSPS) is 17.4. The smallest absolute Gasteiger partial charge is 0.322 e. The number of piperidine rings is 1. The number of carbonyl (C=O) groups is 1. The van der Waals surface area contributed by atoms with Crippen LogP contribution in [0.2, 0.25) is 0 Å². The lowest BCUT2D eigenvalue weighted by Crippen LogP contribution is -2.50. The molecule has 2 aliphatic heterocycles. The van der Waals surface area contributed by atoms with E-state index in [-0.39, 0.29) is 11.7 Å². The minimum atomic E-state index is -0.429. The number of benzene rings is 1. The van der Waals surface area contributed by atoms with E-state index in [9.17, 15) is 9.18 Å². The number of hydrogen-bond acceptors (Lipinski definition) is 5. The van der Waals surface area contributed by atoms with Crippen molar-refractivity contribution in [3.8, 4) is 0 Å². The number of amides is 2. The van der Waals surface area contributed by atoms with Gasteiger partial charge in [0.1, 0.15) is 11.6 Å². The van der Waals surface area contributed by atoms with Crippen LogP contribution in [0.1, 0.15) is 25.0 Å². The summed E-state index contributed by atoms with van der Waals surface area (Å²) in [6.45, 7) is 6.49. The Morgan fingerprint density at radius 2 is 1.69 bits per heavy atom. The van der Waals surface area contributed by atoms with Crippen molar-refractivity contribution in [3.63, 3.8) is 0 Å². The van der Waals surface area contributed by atoms with Gasteiger partial charge in [-0.25, -0.2) is 14.2 Å². The molecule has 1 N–H and O–H groups in total. The number of aryl methyl sites for hydroxylation is 1. The first-order valence-electron chi connectivity index (χ1n) is 10.3. The fourth-order valence-electron chi connectivity index (χ4n) is 3.83. The molecule has 0 radical (unpaired) electrons. The summed E-state index contributed by atoms with van der Waals surface area (Å²) in [5, 5.41) is 2.66. The minimum Gasteiger partial charge on any atom is -0.353 e. The zero-order chi connectivity index (χ0) is 20.2. The number of hydrogen-bond donors (Lipinski definition) is 1. The number of nitrogens with zero attached hydrogens (tertiary/aromatic N) is 5. The predicted octanol–water partition coefficient (Wildman–Crippen LogP) is 3.27. The van der Waals surface area contributed by atoms with E-state index in [0.29, 0.717) is 26.2 Å². The van der Waals surface area contributed by atoms with Crippen LogP contribution in [-0.2, 0) is 0 Å². The number of para-hydroxylation sites is 1. The molecule has 0 unspecified atom stereocenters. The average Bonchev–Trinajstić information content (AvgIpc) is 2.75. The second kappa shape index (κ2) is 8.63. The van der Waals surface area contributed by atoms with Crippen molar-refractivity contribution in [2.24, 2.45) is 0 Å². The molecule has 8 heteroatoms. The zero-order valence-electron chi connectivity index (χ0n) is 16.8. The lowest BCUT2D eigenvalue weighted by Gasteiger charge is -2.36. The van der Waals surface area contributed by atoms with E-state index < -0.39 is 5.82 Å². The molecule has 0 spiro atoms. The summed E-state index contributed by atoms with van der Waals surface area (Å²) in [6.07, 6.45) is 3.64. The van der Waals surface area contributed by atoms with Crippen LogP contribution in [0.4, 0.5) is 26.6 Å². The Morgan fingerprint density at radius 1 is 0.966 bits per heavy atom. The van der Waals surface area contributed by atoms with Gasteiger partial charge in [0.15, 0.2) is 0 Å². The van der Waals surface area contributed by atoms with E-state index in [2.05, 4.69) is 20.1 Å². The van der Waals surface area contributed by atoms with Crippen LogP contribution in [0.15, 0.2) is 30.3 Å². The Hall–Kier alpha value is -2.90. The van der Waals surface area contributed by atoms with E-state index >= 15 is 0 Å². The van der Waals surface area contributed by atoms with Gasteiger partial charge in [0.05, 0.1) is 5.69 Å². The van der Waals surface area contributed by atoms with E-state index in [1.54, 1.807) is 23.1 Å². The van der Waals surface area contributed by atoms with Crippen molar-refractivity contribution in [1.29, 1.82) is 0 Å². The first-order valence-corrected chi connectivity index (χ1v) is 10.3. The molecule has 0 aliphatic carbocycles. The molecule has 4 rings (SSSR count). The molecule has 2 aromatic rings. The Bertz CT molecular complexity index is 862. The highest BCUT2D eigenvalue weighted by atomic mass is 19.1. The van der Waals surface area contributed by atoms with Crippen molar-refractivity contribution >= 4 is 23.5 Å². The minimum absolute atomic E-state index is 0.206. The second-order valence-electron chi connectivity index (χ2n) is 7.60. The maximum Gasteiger partial charge on any atom is 0.322 e. The van der Waals surface area contributed by atoms with E-state index in [0.717, 1.165) is 30.5 Å². The zero-order valence-corrected chi connectivity index (χ0v) is 16.8. The molecular weight excluding hydrogens is 371 g/mol. The van der Waals surface area contributed by atoms with Gasteiger partial charge in [0.2, 0.25) is 5.95 Å². The fraction of sp³-hybridized carbons (Fsp3) is 0.476. The summed E-state index contributed by atoms with van der Waals surface area (Å²) in [7, 11) is 0. The molecule has 2 amide bonds. The maximum absolute atomic E-state index is 13.8. The van der Waals surface area contributed by atoms with E-state index in [1.165, 1.54) is 25.3 Å². The Morgan fingerprint density at radius 3 is 2.41 bits per heavy atom. The lowest BCUT2D eigenvalue weighted by atomic mass is 10.1. The number of rotatable bonds is 3. The molecule has 1 aromatic carbocycles. The summed E-state index contributed by atoms with van der Waals surface area (Å²) >= 11 is 0. The van der Waals surface area contributed by atoms with Crippen LogP contribution in [0.25, 0.3) is 0 Å². The van der Waals surface area contributed by atoms with Crippen LogP contribution in [0, 0.1) is 12.7 Å². The van der Waals surface area contributed by atoms with Crippen LogP contribution in [-0.4, -0.2) is 60.2 Å². The van der Waals surface area contributed by atoms with Gasteiger partial charge in [-0.15, -0.1) is 0 Å². The molecule has 1 aromatic heterocycles. The first-order chi connectivity index (χ1) is 14.1. The molecule has 29 heavy (non-hydrogen) atoms. The van der Waals surface area contributed by atoms with Gasteiger partial charge in [-0.05, 0) is 38.3 Å². The Kier molecular flexibility index (Phi) is 5.78. The number of urea groups is 1. The van der Waals surface area contributed by atoms with Gasteiger partial charge in [0, 0.05) is 51.0 Å². The Balaban J connectivity index is 1.38. The fourth-order valence-corrected chi connectivity index (χ4v) is 3.83. The van der Waals surface area contributed by atoms with Crippen LogP contribution in [0.3, 0.4) is 0 Å². The summed E-state index contributed by atoms with van der Waals surface area (Å²) in [4.78, 5) is 28.1. The molecule has 2 aliphatic rings. The molecule has 2 fully saturated rings. The van der Waals surface area contributed by atoms with Gasteiger partial charge < -0.3 is 20.0 Å². The summed E-state index contributed by atoms with van der Waals surface area (Å²) in [5.74, 6) is 1.29. The largest absolute Gasteiger partial charge is 0.353 e. The molecule has 2 saturated heterocycles. The van der Waals surface area contributed by atoms with Crippen LogP contribution >= 0.6 is 0 Å². The third kappa shape index (κ3) is 4.58. The van der Waals surface area contributed by atoms with Gasteiger partial charge in [-0.1, -0.05) is 12.1 Å².